The molecule has 0 amide bonds. The van der Waals surface area contributed by atoms with Gasteiger partial charge in [-0.05, 0) is 28.0 Å². The van der Waals surface area contributed by atoms with Crippen molar-refractivity contribution in [2.45, 2.75) is 19.0 Å². The molecule has 2 rings (SSSR count). The topological polar surface area (TPSA) is 20.2 Å². The van der Waals surface area contributed by atoms with E-state index in [1.165, 1.54) is 10.8 Å². The third-order valence-electron chi connectivity index (χ3n) is 3.36. The average molecular weight is 242 g/mol. The lowest BCUT2D eigenvalue weighted by Gasteiger charge is -2.24. The van der Waals surface area contributed by atoms with Crippen molar-refractivity contribution in [2.24, 2.45) is 0 Å². The van der Waals surface area contributed by atoms with Crippen LogP contribution >= 0.6 is 0 Å². The third-order valence-corrected chi connectivity index (χ3v) is 6.93. The molecular formula is C15H18OSi. The van der Waals surface area contributed by atoms with Crippen molar-refractivity contribution in [2.75, 3.05) is 0 Å². The molecule has 1 nitrogen and oxygen atoms in total. The van der Waals surface area contributed by atoms with Crippen LogP contribution in [0.2, 0.25) is 12.1 Å². The minimum Gasteiger partial charge on any atom is -0.427 e. The van der Waals surface area contributed by atoms with Crippen molar-refractivity contribution in [1.82, 2.24) is 0 Å². The second-order valence-corrected chi connectivity index (χ2v) is 8.12. The highest BCUT2D eigenvalue weighted by atomic mass is 28.4. The summed E-state index contributed by atoms with van der Waals surface area (Å²) < 4.78 is 0. The van der Waals surface area contributed by atoms with Gasteiger partial charge in [-0.1, -0.05) is 55.5 Å². The summed E-state index contributed by atoms with van der Waals surface area (Å²) in [5.74, 6) is 0. The van der Waals surface area contributed by atoms with Crippen LogP contribution in [0.15, 0.2) is 55.1 Å². The molecule has 0 saturated carbocycles. The molecule has 0 aliphatic carbocycles. The van der Waals surface area contributed by atoms with Crippen molar-refractivity contribution in [1.29, 1.82) is 0 Å². The van der Waals surface area contributed by atoms with Crippen LogP contribution in [-0.4, -0.2) is 13.1 Å². The Morgan fingerprint density at radius 3 is 2.59 bits per heavy atom. The predicted molar refractivity (Wildman–Crippen MR) is 77.0 cm³/mol. The van der Waals surface area contributed by atoms with Gasteiger partial charge in [0, 0.05) is 0 Å². The monoisotopic (exact) mass is 242 g/mol. The summed E-state index contributed by atoms with van der Waals surface area (Å²) in [6, 6.07) is 16.0. The Morgan fingerprint density at radius 2 is 1.88 bits per heavy atom. The van der Waals surface area contributed by atoms with Crippen molar-refractivity contribution < 1.29 is 4.80 Å². The fourth-order valence-corrected chi connectivity index (χ4v) is 4.82. The van der Waals surface area contributed by atoms with Crippen LogP contribution in [0.5, 0.6) is 0 Å². The zero-order chi connectivity index (χ0) is 12.3. The zero-order valence-corrected chi connectivity index (χ0v) is 11.2. The largest absolute Gasteiger partial charge is 0.427 e. The predicted octanol–water partition coefficient (Wildman–Crippen LogP) is 3.19. The number of benzene rings is 2. The lowest BCUT2D eigenvalue weighted by molar-refractivity contribution is 0.554. The molecule has 0 fully saturated rings. The van der Waals surface area contributed by atoms with Crippen LogP contribution < -0.4 is 5.19 Å². The standard InChI is InChI=1S/C15H18OSi/c1-3-12-17(16,4-2)15-11-7-9-13-8-5-6-10-14(13)15/h3,5-11,16H,1,4,12H2,2H3. The molecule has 0 aliphatic rings. The molecule has 1 N–H and O–H groups in total. The Labute approximate surface area is 104 Å². The first-order valence-corrected chi connectivity index (χ1v) is 8.39. The van der Waals surface area contributed by atoms with Gasteiger partial charge in [0.05, 0.1) is 0 Å². The van der Waals surface area contributed by atoms with Crippen LogP contribution in [0, 0.1) is 0 Å². The van der Waals surface area contributed by atoms with Crippen molar-refractivity contribution in [3.63, 3.8) is 0 Å². The van der Waals surface area contributed by atoms with E-state index in [1.807, 2.05) is 24.3 Å². The molecule has 17 heavy (non-hydrogen) atoms. The van der Waals surface area contributed by atoms with Gasteiger partial charge in [0.1, 0.15) is 0 Å². The van der Waals surface area contributed by atoms with E-state index in [4.69, 9.17) is 0 Å². The Bertz CT molecular complexity index is 530. The average Bonchev–Trinajstić information content (AvgIpc) is 2.38. The van der Waals surface area contributed by atoms with E-state index in [9.17, 15) is 4.80 Å². The van der Waals surface area contributed by atoms with Gasteiger partial charge in [-0.25, -0.2) is 0 Å². The van der Waals surface area contributed by atoms with Crippen LogP contribution in [-0.2, 0) is 0 Å². The third kappa shape index (κ3) is 2.19. The number of hydrogen-bond donors (Lipinski definition) is 1. The lowest BCUT2D eigenvalue weighted by atomic mass is 10.1. The molecule has 2 aromatic carbocycles. The quantitative estimate of drug-likeness (QED) is 0.645. The molecule has 1 atom stereocenters. The minimum absolute atomic E-state index is 0.720. The van der Waals surface area contributed by atoms with Gasteiger partial charge in [0.15, 0.2) is 0 Å². The molecule has 0 saturated heterocycles. The highest BCUT2D eigenvalue weighted by molar-refractivity contribution is 6.87. The first kappa shape index (κ1) is 12.1. The molecule has 0 heterocycles. The summed E-state index contributed by atoms with van der Waals surface area (Å²) >= 11 is 0. The van der Waals surface area contributed by atoms with Gasteiger partial charge in [0.2, 0.25) is 8.32 Å². The normalized spacial score (nSPS) is 14.5. The summed E-state index contributed by atoms with van der Waals surface area (Å²) in [6.07, 6.45) is 1.84. The van der Waals surface area contributed by atoms with Gasteiger partial charge in [-0.15, -0.1) is 6.58 Å². The van der Waals surface area contributed by atoms with Crippen LogP contribution in [0.25, 0.3) is 10.8 Å². The summed E-state index contributed by atoms with van der Waals surface area (Å²) in [6.45, 7) is 5.84. The number of allylic oxidation sites excluding steroid dienone is 1. The SMILES string of the molecule is C=CC[Si](O)(CC)c1cccc2ccccc12. The Kier molecular flexibility index (Phi) is 3.45. The van der Waals surface area contributed by atoms with Crippen LogP contribution in [0.4, 0.5) is 0 Å². The molecule has 0 aromatic heterocycles. The molecule has 2 aromatic rings. The van der Waals surface area contributed by atoms with Gasteiger partial charge in [-0.2, -0.15) is 0 Å². The van der Waals surface area contributed by atoms with Gasteiger partial charge >= 0.3 is 0 Å². The highest BCUT2D eigenvalue weighted by Gasteiger charge is 2.31. The van der Waals surface area contributed by atoms with Gasteiger partial charge in [0.25, 0.3) is 0 Å². The first-order valence-electron chi connectivity index (χ1n) is 6.03. The second kappa shape index (κ2) is 4.86. The Balaban J connectivity index is 2.65. The van der Waals surface area contributed by atoms with Gasteiger partial charge < -0.3 is 4.80 Å². The second-order valence-electron chi connectivity index (χ2n) is 4.40. The van der Waals surface area contributed by atoms with E-state index in [0.717, 1.165) is 17.3 Å². The fraction of sp³-hybridized carbons (Fsp3) is 0.200. The van der Waals surface area contributed by atoms with Crippen molar-refractivity contribution in [3.05, 3.63) is 55.1 Å². The summed E-state index contributed by atoms with van der Waals surface area (Å²) in [7, 11) is -2.38. The smallest absolute Gasteiger partial charge is 0.224 e. The number of rotatable bonds is 4. The van der Waals surface area contributed by atoms with Crippen LogP contribution in [0.3, 0.4) is 0 Å². The maximum Gasteiger partial charge on any atom is 0.224 e. The summed E-state index contributed by atoms with van der Waals surface area (Å²) in [4.78, 5) is 10.9. The molecular weight excluding hydrogens is 224 g/mol. The van der Waals surface area contributed by atoms with E-state index in [0.29, 0.717) is 0 Å². The van der Waals surface area contributed by atoms with Crippen molar-refractivity contribution in [3.8, 4) is 0 Å². The maximum atomic E-state index is 10.9. The Hall–Kier alpha value is -1.38. The number of fused-ring (bicyclic) bond motifs is 1. The van der Waals surface area contributed by atoms with E-state index < -0.39 is 8.32 Å². The molecule has 1 unspecified atom stereocenters. The molecule has 2 heteroatoms. The summed E-state index contributed by atoms with van der Waals surface area (Å²) in [5.41, 5.74) is 0. The van der Waals surface area contributed by atoms with E-state index >= 15 is 0 Å². The fourth-order valence-electron chi connectivity index (χ4n) is 2.31. The highest BCUT2D eigenvalue weighted by Crippen LogP contribution is 2.19. The van der Waals surface area contributed by atoms with E-state index in [-0.39, 0.29) is 0 Å². The van der Waals surface area contributed by atoms with E-state index in [1.54, 1.807) is 0 Å². The lowest BCUT2D eigenvalue weighted by Crippen LogP contribution is -2.47. The van der Waals surface area contributed by atoms with Gasteiger partial charge in [-0.3, -0.25) is 0 Å². The molecule has 0 radical (unpaired) electrons. The molecule has 0 spiro atoms. The first-order chi connectivity index (χ1) is 8.21. The van der Waals surface area contributed by atoms with Crippen molar-refractivity contribution >= 4 is 24.3 Å². The summed E-state index contributed by atoms with van der Waals surface area (Å²) in [5, 5.41) is 3.53. The number of hydrogen-bond acceptors (Lipinski definition) is 1. The Morgan fingerprint density at radius 1 is 1.18 bits per heavy atom. The van der Waals surface area contributed by atoms with E-state index in [2.05, 4.69) is 37.8 Å². The molecule has 0 bridgehead atoms. The van der Waals surface area contributed by atoms with Crippen LogP contribution in [0.1, 0.15) is 6.92 Å². The zero-order valence-electron chi connectivity index (χ0n) is 10.2. The molecule has 0 aliphatic heterocycles. The molecule has 88 valence electrons. The maximum absolute atomic E-state index is 10.9. The minimum atomic E-state index is -2.38.